The smallest absolute Gasteiger partial charge is 0.0159 e. The van der Waals surface area contributed by atoms with E-state index in [-0.39, 0.29) is 5.41 Å². The molecule has 0 spiro atoms. The van der Waals surface area contributed by atoms with Gasteiger partial charge >= 0.3 is 0 Å². The summed E-state index contributed by atoms with van der Waals surface area (Å²) in [6.45, 7) is 4.71. The highest BCUT2D eigenvalue weighted by Crippen LogP contribution is 2.50. The summed E-state index contributed by atoms with van der Waals surface area (Å²) in [6.07, 6.45) is 0. The highest BCUT2D eigenvalue weighted by Gasteiger charge is 2.35. The van der Waals surface area contributed by atoms with E-state index in [2.05, 4.69) is 232 Å². The van der Waals surface area contributed by atoms with E-state index < -0.39 is 0 Å². The molecular formula is C61H42. The van der Waals surface area contributed by atoms with E-state index in [1.54, 1.807) is 0 Å². The van der Waals surface area contributed by atoms with Crippen molar-refractivity contribution in [1.82, 2.24) is 0 Å². The number of fused-ring (bicyclic) bond motifs is 8. The predicted molar refractivity (Wildman–Crippen MR) is 261 cm³/mol. The SMILES string of the molecule is CC1(C)c2ccccc2-c2ccc(-c3cccc(-c4ccc5c(c4)cc(-c4ccc6ccccc6c4)c4cc(-c6cc7ccccc7cc6-c6ccccc6)ccc45)c3)cc21. The third kappa shape index (κ3) is 5.82. The van der Waals surface area contributed by atoms with Crippen LogP contribution >= 0.6 is 0 Å². The van der Waals surface area contributed by atoms with E-state index in [0.29, 0.717) is 0 Å². The summed E-state index contributed by atoms with van der Waals surface area (Å²) in [5.74, 6) is 0. The monoisotopic (exact) mass is 774 g/mol. The molecule has 0 amide bonds. The molecule has 61 heavy (non-hydrogen) atoms. The Bertz CT molecular complexity index is 3550. The molecule has 1 aliphatic rings. The molecule has 0 unspecified atom stereocenters. The maximum Gasteiger partial charge on any atom is 0.0159 e. The van der Waals surface area contributed by atoms with Crippen molar-refractivity contribution in [3.05, 3.63) is 230 Å². The van der Waals surface area contributed by atoms with Crippen LogP contribution in [0.3, 0.4) is 0 Å². The Kier molecular flexibility index (Phi) is 7.99. The van der Waals surface area contributed by atoms with Gasteiger partial charge < -0.3 is 0 Å². The standard InChI is InChI=1S/C61H42/c1-61(2)59-22-11-10-21-53(59)54-30-26-47(38-60(54)61)43-20-12-19-42(31-43)46-25-28-51-50(33-46)37-57(48-24-23-39-13-6-7-16-41(39)32-48)58-36-49(27-29-52(51)58)56-35-45-18-9-8-17-44(45)34-55(56)40-14-4-3-5-15-40/h3-38H,1-2H3. The molecule has 0 heterocycles. The zero-order valence-electron chi connectivity index (χ0n) is 34.3. The van der Waals surface area contributed by atoms with E-state index in [9.17, 15) is 0 Å². The van der Waals surface area contributed by atoms with Gasteiger partial charge in [-0.05, 0) is 170 Å². The molecule has 11 aromatic rings. The lowest BCUT2D eigenvalue weighted by Gasteiger charge is -2.22. The first kappa shape index (κ1) is 35.4. The van der Waals surface area contributed by atoms with Gasteiger partial charge in [-0.1, -0.05) is 184 Å². The molecule has 286 valence electrons. The van der Waals surface area contributed by atoms with E-state index in [4.69, 9.17) is 0 Å². The average molecular weight is 775 g/mol. The summed E-state index contributed by atoms with van der Waals surface area (Å²) >= 11 is 0. The van der Waals surface area contributed by atoms with Crippen molar-refractivity contribution in [3.8, 4) is 66.8 Å². The van der Waals surface area contributed by atoms with Crippen LogP contribution in [0.15, 0.2) is 218 Å². The Morgan fingerprint density at radius 3 is 1.52 bits per heavy atom. The van der Waals surface area contributed by atoms with Crippen LogP contribution in [0.1, 0.15) is 25.0 Å². The van der Waals surface area contributed by atoms with Crippen LogP contribution in [0.5, 0.6) is 0 Å². The maximum absolute atomic E-state index is 2.43. The van der Waals surface area contributed by atoms with Crippen molar-refractivity contribution in [2.75, 3.05) is 0 Å². The fraction of sp³-hybridized carbons (Fsp3) is 0.0492. The zero-order chi connectivity index (χ0) is 40.7. The van der Waals surface area contributed by atoms with Gasteiger partial charge in [0.15, 0.2) is 0 Å². The predicted octanol–water partition coefficient (Wildman–Crippen LogP) is 16.9. The van der Waals surface area contributed by atoms with Crippen LogP contribution in [0.2, 0.25) is 0 Å². The highest BCUT2D eigenvalue weighted by atomic mass is 14.4. The van der Waals surface area contributed by atoms with Crippen molar-refractivity contribution in [2.24, 2.45) is 0 Å². The molecule has 0 atom stereocenters. The number of benzene rings is 11. The molecule has 0 nitrogen and oxygen atoms in total. The first-order valence-electron chi connectivity index (χ1n) is 21.4. The molecule has 0 bridgehead atoms. The van der Waals surface area contributed by atoms with Gasteiger partial charge in [-0.3, -0.25) is 0 Å². The Morgan fingerprint density at radius 2 is 0.738 bits per heavy atom. The van der Waals surface area contributed by atoms with Crippen LogP contribution < -0.4 is 0 Å². The summed E-state index contributed by atoms with van der Waals surface area (Å²) in [6, 6.07) is 81.4. The van der Waals surface area contributed by atoms with Gasteiger partial charge in [-0.2, -0.15) is 0 Å². The molecule has 0 saturated carbocycles. The van der Waals surface area contributed by atoms with Gasteiger partial charge in [0.05, 0.1) is 0 Å². The third-order valence-corrected chi connectivity index (χ3v) is 13.4. The molecule has 0 heteroatoms. The van der Waals surface area contributed by atoms with Crippen molar-refractivity contribution in [3.63, 3.8) is 0 Å². The Morgan fingerprint density at radius 1 is 0.230 bits per heavy atom. The van der Waals surface area contributed by atoms with Gasteiger partial charge in [0.25, 0.3) is 0 Å². The second-order valence-corrected chi connectivity index (χ2v) is 17.3. The fourth-order valence-electron chi connectivity index (χ4n) is 10.2. The number of rotatable bonds is 5. The molecule has 0 aliphatic heterocycles. The van der Waals surface area contributed by atoms with Crippen molar-refractivity contribution >= 4 is 43.1 Å². The van der Waals surface area contributed by atoms with Crippen LogP contribution in [0.4, 0.5) is 0 Å². The molecular weight excluding hydrogens is 733 g/mol. The lowest BCUT2D eigenvalue weighted by atomic mass is 9.81. The van der Waals surface area contributed by atoms with E-state index >= 15 is 0 Å². The van der Waals surface area contributed by atoms with Crippen LogP contribution in [0, 0.1) is 0 Å². The van der Waals surface area contributed by atoms with Gasteiger partial charge in [0, 0.05) is 5.41 Å². The maximum atomic E-state index is 2.43. The first-order chi connectivity index (χ1) is 30.0. The quantitative estimate of drug-likeness (QED) is 0.153. The number of hydrogen-bond donors (Lipinski definition) is 0. The van der Waals surface area contributed by atoms with Gasteiger partial charge in [-0.25, -0.2) is 0 Å². The van der Waals surface area contributed by atoms with Gasteiger partial charge in [-0.15, -0.1) is 0 Å². The average Bonchev–Trinajstić information content (AvgIpc) is 3.55. The van der Waals surface area contributed by atoms with E-state index in [0.717, 1.165) is 0 Å². The summed E-state index contributed by atoms with van der Waals surface area (Å²) in [4.78, 5) is 0. The first-order valence-corrected chi connectivity index (χ1v) is 21.4. The summed E-state index contributed by atoms with van der Waals surface area (Å²) in [5.41, 5.74) is 17.8. The van der Waals surface area contributed by atoms with Crippen molar-refractivity contribution in [2.45, 2.75) is 19.3 Å². The summed E-state index contributed by atoms with van der Waals surface area (Å²) < 4.78 is 0. The second kappa shape index (κ2) is 13.8. The molecule has 1 aliphatic carbocycles. The summed E-state index contributed by atoms with van der Waals surface area (Å²) in [7, 11) is 0. The topological polar surface area (TPSA) is 0 Å². The molecule has 0 fully saturated rings. The molecule has 0 N–H and O–H groups in total. The van der Waals surface area contributed by atoms with Gasteiger partial charge in [0.1, 0.15) is 0 Å². The zero-order valence-corrected chi connectivity index (χ0v) is 34.3. The minimum Gasteiger partial charge on any atom is -0.0622 e. The summed E-state index contributed by atoms with van der Waals surface area (Å²) in [5, 5.41) is 9.99. The Hall–Kier alpha value is -7.54. The van der Waals surface area contributed by atoms with Crippen LogP contribution in [-0.4, -0.2) is 0 Å². The van der Waals surface area contributed by atoms with Crippen molar-refractivity contribution < 1.29 is 0 Å². The molecule has 0 aromatic heterocycles. The van der Waals surface area contributed by atoms with Crippen molar-refractivity contribution in [1.29, 1.82) is 0 Å². The molecule has 0 saturated heterocycles. The lowest BCUT2D eigenvalue weighted by molar-refractivity contribution is 0.660. The van der Waals surface area contributed by atoms with E-state index in [1.165, 1.54) is 121 Å². The highest BCUT2D eigenvalue weighted by molar-refractivity contribution is 6.16. The fourth-order valence-corrected chi connectivity index (χ4v) is 10.2. The normalized spacial score (nSPS) is 12.9. The number of hydrogen-bond acceptors (Lipinski definition) is 0. The van der Waals surface area contributed by atoms with Gasteiger partial charge in [0.2, 0.25) is 0 Å². The van der Waals surface area contributed by atoms with Crippen LogP contribution in [0.25, 0.3) is 110 Å². The lowest BCUT2D eigenvalue weighted by Crippen LogP contribution is -2.14. The molecule has 0 radical (unpaired) electrons. The minimum atomic E-state index is -0.0379. The molecule has 11 aromatic carbocycles. The largest absolute Gasteiger partial charge is 0.0622 e. The Labute approximate surface area is 357 Å². The Balaban J connectivity index is 1.02. The minimum absolute atomic E-state index is 0.0379. The third-order valence-electron chi connectivity index (χ3n) is 13.4. The van der Waals surface area contributed by atoms with Crippen LogP contribution in [-0.2, 0) is 5.41 Å². The second-order valence-electron chi connectivity index (χ2n) is 17.3. The van der Waals surface area contributed by atoms with E-state index in [1.807, 2.05) is 0 Å². The molecule has 12 rings (SSSR count).